The van der Waals surface area contributed by atoms with Gasteiger partial charge in [0.1, 0.15) is 0 Å². The SMILES string of the molecule is CN=C(NCCCn1ccc2ccccc21)NCCc1ccc(OC)c(OC)c1OC. The van der Waals surface area contributed by atoms with Crippen LogP contribution in [-0.4, -0.2) is 52.0 Å². The fourth-order valence-electron chi connectivity index (χ4n) is 3.69. The Morgan fingerprint density at radius 1 is 0.903 bits per heavy atom. The van der Waals surface area contributed by atoms with Crippen molar-refractivity contribution in [3.05, 3.63) is 54.2 Å². The van der Waals surface area contributed by atoms with E-state index in [4.69, 9.17) is 14.2 Å². The molecule has 166 valence electrons. The minimum Gasteiger partial charge on any atom is -0.493 e. The van der Waals surface area contributed by atoms with Crippen molar-refractivity contribution in [1.82, 2.24) is 15.2 Å². The number of aryl methyl sites for hydroxylation is 1. The Morgan fingerprint density at radius 2 is 1.68 bits per heavy atom. The van der Waals surface area contributed by atoms with Crippen LogP contribution in [0.5, 0.6) is 17.2 Å². The van der Waals surface area contributed by atoms with E-state index < -0.39 is 0 Å². The minimum absolute atomic E-state index is 0.613. The van der Waals surface area contributed by atoms with Gasteiger partial charge >= 0.3 is 0 Å². The lowest BCUT2D eigenvalue weighted by molar-refractivity contribution is 0.322. The topological polar surface area (TPSA) is 69.0 Å². The van der Waals surface area contributed by atoms with E-state index in [1.165, 1.54) is 10.9 Å². The molecule has 1 heterocycles. The van der Waals surface area contributed by atoms with Gasteiger partial charge in [0.2, 0.25) is 5.75 Å². The predicted molar refractivity (Wildman–Crippen MR) is 126 cm³/mol. The third-order valence-corrected chi connectivity index (χ3v) is 5.24. The summed E-state index contributed by atoms with van der Waals surface area (Å²) < 4.78 is 18.7. The van der Waals surface area contributed by atoms with Gasteiger partial charge in [-0.3, -0.25) is 4.99 Å². The maximum atomic E-state index is 5.56. The van der Waals surface area contributed by atoms with Crippen molar-refractivity contribution < 1.29 is 14.2 Å². The summed E-state index contributed by atoms with van der Waals surface area (Å²) in [7, 11) is 6.66. The summed E-state index contributed by atoms with van der Waals surface area (Å²) in [6.07, 6.45) is 3.91. The molecule has 2 aromatic carbocycles. The Labute approximate surface area is 184 Å². The molecule has 0 unspecified atom stereocenters. The van der Waals surface area contributed by atoms with Crippen molar-refractivity contribution in [1.29, 1.82) is 0 Å². The highest BCUT2D eigenvalue weighted by molar-refractivity contribution is 5.80. The number of fused-ring (bicyclic) bond motifs is 1. The molecule has 1 aromatic heterocycles. The average Bonchev–Trinajstić information content (AvgIpc) is 3.23. The molecule has 31 heavy (non-hydrogen) atoms. The summed E-state index contributed by atoms with van der Waals surface area (Å²) in [5.41, 5.74) is 2.32. The summed E-state index contributed by atoms with van der Waals surface area (Å²) in [6.45, 7) is 2.51. The van der Waals surface area contributed by atoms with Gasteiger partial charge in [0.25, 0.3) is 0 Å². The van der Waals surface area contributed by atoms with Gasteiger partial charge in [-0.25, -0.2) is 0 Å². The Balaban J connectivity index is 1.47. The third-order valence-electron chi connectivity index (χ3n) is 5.24. The summed E-state index contributed by atoms with van der Waals surface area (Å²) in [6, 6.07) is 14.5. The number of aromatic nitrogens is 1. The maximum Gasteiger partial charge on any atom is 0.203 e. The van der Waals surface area contributed by atoms with E-state index in [-0.39, 0.29) is 0 Å². The van der Waals surface area contributed by atoms with Crippen molar-refractivity contribution >= 4 is 16.9 Å². The standard InChI is InChI=1S/C24H32N4O3/c1-25-24(26-14-7-16-28-17-13-18-8-5-6-9-20(18)28)27-15-12-19-10-11-21(29-2)23(31-4)22(19)30-3/h5-6,8-11,13,17H,7,12,14-16H2,1-4H3,(H2,25,26,27). The molecule has 0 fully saturated rings. The summed E-state index contributed by atoms with van der Waals surface area (Å²) >= 11 is 0. The van der Waals surface area contributed by atoms with Gasteiger partial charge in [-0.1, -0.05) is 24.3 Å². The molecule has 0 amide bonds. The number of hydrogen-bond donors (Lipinski definition) is 2. The number of guanidine groups is 1. The fourth-order valence-corrected chi connectivity index (χ4v) is 3.69. The van der Waals surface area contributed by atoms with Crippen LogP contribution in [0.25, 0.3) is 10.9 Å². The Hall–Kier alpha value is -3.35. The van der Waals surface area contributed by atoms with Gasteiger partial charge in [-0.05, 0) is 36.4 Å². The molecule has 3 rings (SSSR count). The lowest BCUT2D eigenvalue weighted by atomic mass is 10.1. The average molecular weight is 425 g/mol. The highest BCUT2D eigenvalue weighted by Crippen LogP contribution is 2.39. The number of rotatable bonds is 10. The molecule has 7 nitrogen and oxygen atoms in total. The van der Waals surface area contributed by atoms with E-state index in [9.17, 15) is 0 Å². The molecule has 2 N–H and O–H groups in total. The number of hydrogen-bond acceptors (Lipinski definition) is 4. The zero-order valence-corrected chi connectivity index (χ0v) is 18.8. The van der Waals surface area contributed by atoms with E-state index in [1.807, 2.05) is 12.1 Å². The summed E-state index contributed by atoms with van der Waals surface area (Å²) in [5, 5.41) is 8.02. The molecule has 0 aliphatic rings. The molecule has 7 heteroatoms. The van der Waals surface area contributed by atoms with Crippen LogP contribution < -0.4 is 24.8 Å². The maximum absolute atomic E-state index is 5.56. The Kier molecular flexibility index (Phi) is 8.04. The highest BCUT2D eigenvalue weighted by atomic mass is 16.5. The van der Waals surface area contributed by atoms with E-state index in [1.54, 1.807) is 28.4 Å². The van der Waals surface area contributed by atoms with Crippen LogP contribution in [0.3, 0.4) is 0 Å². The van der Waals surface area contributed by atoms with Crippen molar-refractivity contribution in [2.24, 2.45) is 4.99 Å². The first-order chi connectivity index (χ1) is 15.2. The van der Waals surface area contributed by atoms with Crippen LogP contribution >= 0.6 is 0 Å². The molecule has 0 saturated carbocycles. The van der Waals surface area contributed by atoms with Crippen LogP contribution in [0, 0.1) is 0 Å². The fraction of sp³-hybridized carbons (Fsp3) is 0.375. The molecule has 3 aromatic rings. The molecule has 0 saturated heterocycles. The van der Waals surface area contributed by atoms with Crippen molar-refractivity contribution in [3.8, 4) is 17.2 Å². The molecular formula is C24H32N4O3. The molecule has 0 radical (unpaired) electrons. The number of ether oxygens (including phenoxy) is 3. The minimum atomic E-state index is 0.613. The van der Waals surface area contributed by atoms with E-state index >= 15 is 0 Å². The largest absolute Gasteiger partial charge is 0.493 e. The molecule has 0 aliphatic heterocycles. The molecule has 0 spiro atoms. The van der Waals surface area contributed by atoms with Gasteiger partial charge < -0.3 is 29.4 Å². The predicted octanol–water partition coefficient (Wildman–Crippen LogP) is 3.46. The van der Waals surface area contributed by atoms with Crippen LogP contribution in [0.2, 0.25) is 0 Å². The number of methoxy groups -OCH3 is 3. The normalized spacial score (nSPS) is 11.4. The Bertz CT molecular complexity index is 1010. The van der Waals surface area contributed by atoms with Crippen molar-refractivity contribution in [3.63, 3.8) is 0 Å². The quantitative estimate of drug-likeness (QED) is 0.296. The number of nitrogens with one attached hydrogen (secondary N) is 2. The number of para-hydroxylation sites is 1. The van der Waals surface area contributed by atoms with E-state index in [2.05, 4.69) is 56.7 Å². The Morgan fingerprint density at radius 3 is 2.42 bits per heavy atom. The number of aliphatic imine (C=N–C) groups is 1. The first-order valence-electron chi connectivity index (χ1n) is 10.5. The second-order valence-corrected chi connectivity index (χ2v) is 7.09. The summed E-state index contributed by atoms with van der Waals surface area (Å²) in [5.74, 6) is 2.76. The van der Waals surface area contributed by atoms with Crippen LogP contribution in [0.15, 0.2) is 53.7 Å². The van der Waals surface area contributed by atoms with Crippen LogP contribution in [-0.2, 0) is 13.0 Å². The monoisotopic (exact) mass is 424 g/mol. The molecule has 0 aliphatic carbocycles. The van der Waals surface area contributed by atoms with E-state index in [0.717, 1.165) is 37.5 Å². The van der Waals surface area contributed by atoms with Gasteiger partial charge in [0, 0.05) is 44.0 Å². The zero-order chi connectivity index (χ0) is 22.1. The summed E-state index contributed by atoms with van der Waals surface area (Å²) in [4.78, 5) is 4.32. The van der Waals surface area contributed by atoms with Crippen LogP contribution in [0.4, 0.5) is 0 Å². The molecule has 0 bridgehead atoms. The number of nitrogens with zero attached hydrogens (tertiary/aromatic N) is 2. The van der Waals surface area contributed by atoms with Crippen molar-refractivity contribution in [2.45, 2.75) is 19.4 Å². The smallest absolute Gasteiger partial charge is 0.203 e. The third kappa shape index (κ3) is 5.42. The first-order valence-corrected chi connectivity index (χ1v) is 10.5. The van der Waals surface area contributed by atoms with E-state index in [0.29, 0.717) is 23.8 Å². The lowest BCUT2D eigenvalue weighted by Crippen LogP contribution is -2.39. The van der Waals surface area contributed by atoms with Gasteiger partial charge in [-0.15, -0.1) is 0 Å². The van der Waals surface area contributed by atoms with Gasteiger partial charge in [0.05, 0.1) is 21.3 Å². The van der Waals surface area contributed by atoms with Crippen LogP contribution in [0.1, 0.15) is 12.0 Å². The number of benzene rings is 2. The first kappa shape index (κ1) is 22.3. The zero-order valence-electron chi connectivity index (χ0n) is 18.8. The second kappa shape index (κ2) is 11.2. The highest BCUT2D eigenvalue weighted by Gasteiger charge is 2.15. The molecular weight excluding hydrogens is 392 g/mol. The van der Waals surface area contributed by atoms with Gasteiger partial charge in [-0.2, -0.15) is 0 Å². The molecule has 0 atom stereocenters. The van der Waals surface area contributed by atoms with Crippen molar-refractivity contribution in [2.75, 3.05) is 41.5 Å². The second-order valence-electron chi connectivity index (χ2n) is 7.09. The van der Waals surface area contributed by atoms with Gasteiger partial charge in [0.15, 0.2) is 17.5 Å². The lowest BCUT2D eigenvalue weighted by Gasteiger charge is -2.16.